The Morgan fingerprint density at radius 3 is 2.62 bits per heavy atom. The lowest BCUT2D eigenvalue weighted by molar-refractivity contribution is -0.385. The molecule has 1 aromatic heterocycles. The topological polar surface area (TPSA) is 90.1 Å². The van der Waals surface area contributed by atoms with E-state index in [1.165, 1.54) is 18.7 Å². The molecule has 0 atom stereocenters. The van der Waals surface area contributed by atoms with Crippen molar-refractivity contribution in [3.8, 4) is 0 Å². The Hall–Kier alpha value is -2.70. The van der Waals surface area contributed by atoms with Gasteiger partial charge in [0, 0.05) is 12.7 Å². The van der Waals surface area contributed by atoms with E-state index in [1.807, 2.05) is 32.0 Å². The predicted molar refractivity (Wildman–Crippen MR) is 78.5 cm³/mol. The molecule has 0 aliphatic carbocycles. The molecule has 21 heavy (non-hydrogen) atoms. The van der Waals surface area contributed by atoms with Crippen molar-refractivity contribution in [3.05, 3.63) is 50.8 Å². The first-order valence-electron chi connectivity index (χ1n) is 6.38. The molecule has 0 bridgehead atoms. The maximum Gasteiger partial charge on any atom is 0.322 e. The van der Waals surface area contributed by atoms with Gasteiger partial charge >= 0.3 is 5.69 Å². The molecule has 1 aromatic carbocycles. The van der Waals surface area contributed by atoms with Crippen LogP contribution in [0.15, 0.2) is 18.2 Å². The number of benzene rings is 1. The van der Waals surface area contributed by atoms with Crippen LogP contribution < -0.4 is 5.32 Å². The van der Waals surface area contributed by atoms with E-state index in [0.29, 0.717) is 5.69 Å². The van der Waals surface area contributed by atoms with Gasteiger partial charge < -0.3 is 5.32 Å². The van der Waals surface area contributed by atoms with E-state index in [0.717, 1.165) is 11.1 Å². The molecule has 1 amide bonds. The molecule has 0 fully saturated rings. The molecule has 0 unspecified atom stereocenters. The van der Waals surface area contributed by atoms with E-state index in [1.54, 1.807) is 0 Å². The Bertz CT molecular complexity index is 734. The van der Waals surface area contributed by atoms with Crippen LogP contribution in [0, 0.1) is 30.9 Å². The molecule has 0 spiro atoms. The van der Waals surface area contributed by atoms with Crippen molar-refractivity contribution >= 4 is 17.3 Å². The normalized spacial score (nSPS) is 10.5. The van der Waals surface area contributed by atoms with Crippen LogP contribution in [0.5, 0.6) is 0 Å². The predicted octanol–water partition coefficient (Wildman–Crippen LogP) is 2.51. The zero-order chi connectivity index (χ0) is 15.7. The molecule has 110 valence electrons. The van der Waals surface area contributed by atoms with Crippen LogP contribution in [0.25, 0.3) is 0 Å². The fraction of sp³-hybridized carbons (Fsp3) is 0.286. The van der Waals surface area contributed by atoms with Crippen molar-refractivity contribution in [3.63, 3.8) is 0 Å². The van der Waals surface area contributed by atoms with Crippen LogP contribution in [0.2, 0.25) is 0 Å². The molecular weight excluding hydrogens is 272 g/mol. The minimum atomic E-state index is -0.583. The maximum absolute atomic E-state index is 12.4. The van der Waals surface area contributed by atoms with E-state index < -0.39 is 10.8 Å². The van der Waals surface area contributed by atoms with Crippen molar-refractivity contribution in [1.82, 2.24) is 9.78 Å². The van der Waals surface area contributed by atoms with Crippen molar-refractivity contribution in [2.24, 2.45) is 7.05 Å². The zero-order valence-corrected chi connectivity index (χ0v) is 12.3. The summed E-state index contributed by atoms with van der Waals surface area (Å²) in [6, 6.07) is 5.64. The summed E-state index contributed by atoms with van der Waals surface area (Å²) in [5, 5.41) is 17.8. The number of rotatable bonds is 3. The third kappa shape index (κ3) is 2.76. The van der Waals surface area contributed by atoms with Gasteiger partial charge in [0.2, 0.25) is 5.69 Å². The SMILES string of the molecule is Cc1ccc(C)c(NC(=O)c2c([N+](=O)[O-])c(C)nn2C)c1. The number of amides is 1. The second kappa shape index (κ2) is 5.35. The highest BCUT2D eigenvalue weighted by atomic mass is 16.6. The first-order valence-corrected chi connectivity index (χ1v) is 6.38. The van der Waals surface area contributed by atoms with Crippen LogP contribution in [-0.4, -0.2) is 20.6 Å². The summed E-state index contributed by atoms with van der Waals surface area (Å²) < 4.78 is 1.23. The minimum Gasteiger partial charge on any atom is -0.320 e. The number of aromatic nitrogens is 2. The molecule has 7 heteroatoms. The Kier molecular flexibility index (Phi) is 3.75. The van der Waals surface area contributed by atoms with Gasteiger partial charge in [-0.05, 0) is 38.0 Å². The van der Waals surface area contributed by atoms with E-state index in [-0.39, 0.29) is 17.1 Å². The highest BCUT2D eigenvalue weighted by molar-refractivity contribution is 6.06. The Morgan fingerprint density at radius 2 is 2.00 bits per heavy atom. The Balaban J connectivity index is 2.42. The van der Waals surface area contributed by atoms with Crippen LogP contribution in [0.3, 0.4) is 0 Å². The molecule has 1 heterocycles. The minimum absolute atomic E-state index is 0.0570. The molecule has 2 rings (SSSR count). The number of anilines is 1. The second-order valence-corrected chi connectivity index (χ2v) is 4.94. The van der Waals surface area contributed by atoms with Crippen molar-refractivity contribution in [2.75, 3.05) is 5.32 Å². The Labute approximate surface area is 121 Å². The molecule has 7 nitrogen and oxygen atoms in total. The van der Waals surface area contributed by atoms with Gasteiger partial charge in [-0.3, -0.25) is 19.6 Å². The van der Waals surface area contributed by atoms with Gasteiger partial charge in [-0.15, -0.1) is 0 Å². The van der Waals surface area contributed by atoms with Crippen molar-refractivity contribution in [1.29, 1.82) is 0 Å². The van der Waals surface area contributed by atoms with E-state index in [4.69, 9.17) is 0 Å². The number of nitrogens with zero attached hydrogens (tertiary/aromatic N) is 3. The molecule has 0 radical (unpaired) electrons. The molecule has 0 saturated heterocycles. The van der Waals surface area contributed by atoms with Gasteiger partial charge in [0.15, 0.2) is 0 Å². The summed E-state index contributed by atoms with van der Waals surface area (Å²) in [5.41, 5.74) is 2.41. The van der Waals surface area contributed by atoms with Gasteiger partial charge in [0.05, 0.1) is 4.92 Å². The number of aryl methyl sites for hydroxylation is 4. The first kappa shape index (κ1) is 14.7. The number of nitrogens with one attached hydrogen (secondary N) is 1. The first-order chi connectivity index (χ1) is 9.81. The largest absolute Gasteiger partial charge is 0.322 e. The number of carbonyl (C=O) groups excluding carboxylic acids is 1. The van der Waals surface area contributed by atoms with Gasteiger partial charge in [-0.1, -0.05) is 12.1 Å². The molecular formula is C14H16N4O3. The fourth-order valence-electron chi connectivity index (χ4n) is 2.17. The zero-order valence-electron chi connectivity index (χ0n) is 12.3. The molecule has 1 N–H and O–H groups in total. The van der Waals surface area contributed by atoms with Crippen LogP contribution in [-0.2, 0) is 7.05 Å². The quantitative estimate of drug-likeness (QED) is 0.694. The molecule has 0 aliphatic heterocycles. The lowest BCUT2D eigenvalue weighted by Crippen LogP contribution is -2.18. The number of hydrogen-bond acceptors (Lipinski definition) is 4. The third-order valence-electron chi connectivity index (χ3n) is 3.23. The molecule has 0 saturated carbocycles. The van der Waals surface area contributed by atoms with E-state index in [9.17, 15) is 14.9 Å². The summed E-state index contributed by atoms with van der Waals surface area (Å²) in [6.45, 7) is 5.27. The van der Waals surface area contributed by atoms with Gasteiger partial charge in [-0.2, -0.15) is 5.10 Å². The van der Waals surface area contributed by atoms with Gasteiger partial charge in [0.1, 0.15) is 5.69 Å². The summed E-state index contributed by atoms with van der Waals surface area (Å²) >= 11 is 0. The number of carbonyl (C=O) groups is 1. The fourth-order valence-corrected chi connectivity index (χ4v) is 2.17. The van der Waals surface area contributed by atoms with E-state index >= 15 is 0 Å². The van der Waals surface area contributed by atoms with Gasteiger partial charge in [-0.25, -0.2) is 0 Å². The standard InChI is InChI=1S/C14H16N4O3/c1-8-5-6-9(2)11(7-8)15-14(19)13-12(18(20)21)10(3)16-17(13)4/h5-7H,1-4H3,(H,15,19). The third-order valence-corrected chi connectivity index (χ3v) is 3.23. The average molecular weight is 288 g/mol. The highest BCUT2D eigenvalue weighted by Crippen LogP contribution is 2.24. The second-order valence-electron chi connectivity index (χ2n) is 4.94. The molecule has 0 aliphatic rings. The summed E-state index contributed by atoms with van der Waals surface area (Å²) in [5.74, 6) is -0.543. The highest BCUT2D eigenvalue weighted by Gasteiger charge is 2.29. The smallest absolute Gasteiger partial charge is 0.320 e. The average Bonchev–Trinajstić information content (AvgIpc) is 2.68. The number of hydrogen-bond donors (Lipinski definition) is 1. The maximum atomic E-state index is 12.4. The molecule has 2 aromatic rings. The lowest BCUT2D eigenvalue weighted by atomic mass is 10.1. The number of nitro groups is 1. The van der Waals surface area contributed by atoms with Crippen LogP contribution in [0.1, 0.15) is 27.3 Å². The van der Waals surface area contributed by atoms with Crippen molar-refractivity contribution in [2.45, 2.75) is 20.8 Å². The van der Waals surface area contributed by atoms with E-state index in [2.05, 4.69) is 10.4 Å². The summed E-state index contributed by atoms with van der Waals surface area (Å²) in [4.78, 5) is 22.9. The summed E-state index contributed by atoms with van der Waals surface area (Å²) in [7, 11) is 1.51. The van der Waals surface area contributed by atoms with Crippen LogP contribution in [0.4, 0.5) is 11.4 Å². The van der Waals surface area contributed by atoms with Crippen LogP contribution >= 0.6 is 0 Å². The van der Waals surface area contributed by atoms with Gasteiger partial charge in [0.25, 0.3) is 5.91 Å². The summed E-state index contributed by atoms with van der Waals surface area (Å²) in [6.07, 6.45) is 0. The Morgan fingerprint density at radius 1 is 1.33 bits per heavy atom. The lowest BCUT2D eigenvalue weighted by Gasteiger charge is -2.09. The van der Waals surface area contributed by atoms with Crippen molar-refractivity contribution < 1.29 is 9.72 Å². The monoisotopic (exact) mass is 288 g/mol.